The molecule has 0 N–H and O–H groups in total. The van der Waals surface area contributed by atoms with Crippen molar-refractivity contribution in [2.75, 3.05) is 19.6 Å². The van der Waals surface area contributed by atoms with Gasteiger partial charge in [-0.15, -0.1) is 0 Å². The summed E-state index contributed by atoms with van der Waals surface area (Å²) in [5.74, 6) is 0. The number of nitrogens with zero attached hydrogens (tertiary/aromatic N) is 2. The third-order valence-corrected chi connectivity index (χ3v) is 8.24. The molecule has 1 fully saturated rings. The summed E-state index contributed by atoms with van der Waals surface area (Å²) in [6.07, 6.45) is 0. The first-order chi connectivity index (χ1) is 16.1. The van der Waals surface area contributed by atoms with E-state index in [-0.39, 0.29) is 29.5 Å². The lowest BCUT2D eigenvalue weighted by molar-refractivity contribution is -0.493. The first kappa shape index (κ1) is 23.9. The molecular formula is C27H28N2O4S. The van der Waals surface area contributed by atoms with Crippen LogP contribution in [0.15, 0.2) is 89.3 Å². The van der Waals surface area contributed by atoms with Crippen molar-refractivity contribution < 1.29 is 13.3 Å². The van der Waals surface area contributed by atoms with Gasteiger partial charge in [-0.1, -0.05) is 77.9 Å². The standard InChI is InChI=1S/C27H28N2O4S/c1-20-9-13-23(14-10-20)26(22-7-5-4-6-8-22)25-17-28(18-27(25,3)19-29(30)31)34(32,33)24-15-11-21(2)12-16-24/h4-16H,17-19H2,1-3H3/b26-25+/t27-/m1/s1. The highest BCUT2D eigenvalue weighted by Crippen LogP contribution is 2.44. The van der Waals surface area contributed by atoms with Gasteiger partial charge in [-0.05, 0) is 55.2 Å². The number of benzene rings is 3. The molecule has 3 aromatic rings. The molecule has 0 unspecified atom stereocenters. The van der Waals surface area contributed by atoms with Crippen LogP contribution < -0.4 is 0 Å². The van der Waals surface area contributed by atoms with Crippen LogP contribution in [0.4, 0.5) is 0 Å². The summed E-state index contributed by atoms with van der Waals surface area (Å²) in [6.45, 7) is 5.48. The lowest BCUT2D eigenvalue weighted by Crippen LogP contribution is -2.34. The molecule has 34 heavy (non-hydrogen) atoms. The molecule has 3 aromatic carbocycles. The van der Waals surface area contributed by atoms with Gasteiger partial charge in [0.05, 0.1) is 10.3 Å². The summed E-state index contributed by atoms with van der Waals surface area (Å²) in [5, 5.41) is 11.7. The van der Waals surface area contributed by atoms with E-state index in [0.29, 0.717) is 0 Å². The van der Waals surface area contributed by atoms with E-state index in [9.17, 15) is 18.5 Å². The van der Waals surface area contributed by atoms with E-state index < -0.39 is 15.4 Å². The second-order valence-electron chi connectivity index (χ2n) is 9.22. The van der Waals surface area contributed by atoms with E-state index in [0.717, 1.165) is 33.4 Å². The maximum Gasteiger partial charge on any atom is 0.243 e. The van der Waals surface area contributed by atoms with Crippen LogP contribution >= 0.6 is 0 Å². The average Bonchev–Trinajstić information content (AvgIpc) is 3.13. The van der Waals surface area contributed by atoms with Gasteiger partial charge >= 0.3 is 0 Å². The zero-order chi connectivity index (χ0) is 24.5. The van der Waals surface area contributed by atoms with Crippen LogP contribution in [0.25, 0.3) is 5.57 Å². The summed E-state index contributed by atoms with van der Waals surface area (Å²) in [5.41, 5.74) is 4.54. The Morgan fingerprint density at radius 1 is 0.912 bits per heavy atom. The monoisotopic (exact) mass is 476 g/mol. The molecule has 0 aromatic heterocycles. The van der Waals surface area contributed by atoms with E-state index in [1.54, 1.807) is 31.2 Å². The molecule has 6 nitrogen and oxygen atoms in total. The number of rotatable bonds is 6. The van der Waals surface area contributed by atoms with Crippen LogP contribution in [-0.2, 0) is 10.0 Å². The van der Waals surface area contributed by atoms with E-state index >= 15 is 0 Å². The van der Waals surface area contributed by atoms with Crippen molar-refractivity contribution >= 4 is 15.6 Å². The smallest absolute Gasteiger partial charge is 0.243 e. The van der Waals surface area contributed by atoms with Crippen molar-refractivity contribution in [1.29, 1.82) is 0 Å². The predicted octanol–water partition coefficient (Wildman–Crippen LogP) is 5.09. The van der Waals surface area contributed by atoms with Crippen molar-refractivity contribution in [1.82, 2.24) is 4.31 Å². The molecular weight excluding hydrogens is 448 g/mol. The summed E-state index contributed by atoms with van der Waals surface area (Å²) in [6, 6.07) is 24.4. The molecule has 4 rings (SSSR count). The van der Waals surface area contributed by atoms with Crippen LogP contribution in [0, 0.1) is 29.4 Å². The maximum absolute atomic E-state index is 13.5. The molecule has 0 spiro atoms. The molecule has 0 bridgehead atoms. The van der Waals surface area contributed by atoms with Crippen LogP contribution in [0.2, 0.25) is 0 Å². The first-order valence-corrected chi connectivity index (χ1v) is 12.6. The Bertz CT molecular complexity index is 1330. The first-order valence-electron chi connectivity index (χ1n) is 11.1. The molecule has 1 atom stereocenters. The summed E-state index contributed by atoms with van der Waals surface area (Å²) in [4.78, 5) is 11.6. The summed E-state index contributed by atoms with van der Waals surface area (Å²) in [7, 11) is -3.82. The number of hydrogen-bond acceptors (Lipinski definition) is 4. The van der Waals surface area contributed by atoms with Crippen LogP contribution in [-0.4, -0.2) is 37.3 Å². The molecule has 0 saturated carbocycles. The van der Waals surface area contributed by atoms with Crippen molar-refractivity contribution in [2.45, 2.75) is 25.7 Å². The number of aryl methyl sites for hydroxylation is 2. The van der Waals surface area contributed by atoms with Crippen LogP contribution in [0.1, 0.15) is 29.2 Å². The van der Waals surface area contributed by atoms with E-state index in [4.69, 9.17) is 0 Å². The van der Waals surface area contributed by atoms with E-state index in [1.165, 1.54) is 4.31 Å². The Hall–Kier alpha value is -3.29. The molecule has 1 aliphatic rings. The molecule has 7 heteroatoms. The second kappa shape index (κ2) is 9.16. The zero-order valence-corrected chi connectivity index (χ0v) is 20.4. The molecule has 176 valence electrons. The van der Waals surface area contributed by atoms with Gasteiger partial charge in [0.15, 0.2) is 0 Å². The number of nitro groups is 1. The SMILES string of the molecule is Cc1ccc(/C(=C2\CN(S(=O)(=O)c3ccc(C)cc3)C[C@]2(C)C[N+](=O)[O-])c2ccccc2)cc1. The fourth-order valence-electron chi connectivity index (χ4n) is 4.59. The van der Waals surface area contributed by atoms with Gasteiger partial charge in [0.25, 0.3) is 0 Å². The Balaban J connectivity index is 1.91. The lowest BCUT2D eigenvalue weighted by Gasteiger charge is -2.24. The average molecular weight is 477 g/mol. The van der Waals surface area contributed by atoms with Crippen LogP contribution in [0.3, 0.4) is 0 Å². The van der Waals surface area contributed by atoms with E-state index in [2.05, 4.69) is 0 Å². The Morgan fingerprint density at radius 2 is 1.44 bits per heavy atom. The van der Waals surface area contributed by atoms with Gasteiger partial charge in [-0.2, -0.15) is 4.31 Å². The van der Waals surface area contributed by atoms with Crippen molar-refractivity contribution in [3.05, 3.63) is 117 Å². The van der Waals surface area contributed by atoms with Gasteiger partial charge in [0.2, 0.25) is 16.6 Å². The Kier molecular flexibility index (Phi) is 6.43. The molecule has 0 amide bonds. The van der Waals surface area contributed by atoms with Gasteiger partial charge in [0, 0.05) is 18.0 Å². The fraction of sp³-hybridized carbons (Fsp3) is 0.259. The highest BCUT2D eigenvalue weighted by Gasteiger charge is 2.48. The quantitative estimate of drug-likeness (QED) is 0.366. The third-order valence-electron chi connectivity index (χ3n) is 6.43. The third kappa shape index (κ3) is 4.67. The fourth-order valence-corrected chi connectivity index (χ4v) is 6.12. The topological polar surface area (TPSA) is 80.5 Å². The van der Waals surface area contributed by atoms with Crippen molar-refractivity contribution in [3.63, 3.8) is 0 Å². The normalized spacial score (nSPS) is 20.3. The van der Waals surface area contributed by atoms with Gasteiger partial charge in [0.1, 0.15) is 0 Å². The second-order valence-corrected chi connectivity index (χ2v) is 11.2. The maximum atomic E-state index is 13.5. The molecule has 0 radical (unpaired) electrons. The Morgan fingerprint density at radius 3 is 2.00 bits per heavy atom. The predicted molar refractivity (Wildman–Crippen MR) is 134 cm³/mol. The largest absolute Gasteiger partial charge is 0.265 e. The van der Waals surface area contributed by atoms with Crippen molar-refractivity contribution in [3.8, 4) is 0 Å². The minimum Gasteiger partial charge on any atom is -0.265 e. The van der Waals surface area contributed by atoms with Gasteiger partial charge < -0.3 is 0 Å². The zero-order valence-electron chi connectivity index (χ0n) is 19.6. The molecule has 1 saturated heterocycles. The Labute approximate surface area is 200 Å². The molecule has 1 aliphatic heterocycles. The minimum atomic E-state index is -3.82. The lowest BCUT2D eigenvalue weighted by atomic mass is 9.78. The highest BCUT2D eigenvalue weighted by atomic mass is 32.2. The number of sulfonamides is 1. The molecule has 1 heterocycles. The van der Waals surface area contributed by atoms with Crippen molar-refractivity contribution in [2.24, 2.45) is 5.41 Å². The minimum absolute atomic E-state index is 0.0434. The van der Waals surface area contributed by atoms with Gasteiger partial charge in [-0.3, -0.25) is 10.1 Å². The molecule has 0 aliphatic carbocycles. The van der Waals surface area contributed by atoms with E-state index in [1.807, 2.05) is 68.4 Å². The van der Waals surface area contributed by atoms with Crippen LogP contribution in [0.5, 0.6) is 0 Å². The van der Waals surface area contributed by atoms with Gasteiger partial charge in [-0.25, -0.2) is 8.42 Å². The summed E-state index contributed by atoms with van der Waals surface area (Å²) >= 11 is 0. The number of hydrogen-bond donors (Lipinski definition) is 0. The summed E-state index contributed by atoms with van der Waals surface area (Å²) < 4.78 is 28.5. The highest BCUT2D eigenvalue weighted by molar-refractivity contribution is 7.89.